The van der Waals surface area contributed by atoms with E-state index in [-0.39, 0.29) is 25.7 Å². The molecule has 3 aromatic rings. The highest BCUT2D eigenvalue weighted by molar-refractivity contribution is 7.10. The monoisotopic (exact) mass is 611 g/mol. The van der Waals surface area contributed by atoms with Crippen molar-refractivity contribution >= 4 is 23.2 Å². The number of benzene rings is 2. The van der Waals surface area contributed by atoms with Gasteiger partial charge >= 0.3 is 12.4 Å². The molecule has 0 radical (unpaired) electrons. The average Bonchev–Trinajstić information content (AvgIpc) is 3.61. The summed E-state index contributed by atoms with van der Waals surface area (Å²) in [6.45, 7) is 3.70. The molecule has 42 heavy (non-hydrogen) atoms. The molecule has 2 amide bonds. The number of hydrogen-bond donors (Lipinski definition) is 0. The predicted molar refractivity (Wildman–Crippen MR) is 148 cm³/mol. The molecule has 12 heteroatoms. The lowest BCUT2D eigenvalue weighted by molar-refractivity contribution is -0.143. The van der Waals surface area contributed by atoms with Crippen LogP contribution in [0, 0.1) is 6.92 Å². The Labute approximate surface area is 244 Å². The Balaban J connectivity index is 1.65. The number of nitrogens with zero attached hydrogens (tertiary/aromatic N) is 3. The molecule has 0 N–H and O–H groups in total. The van der Waals surface area contributed by atoms with Crippen LogP contribution in [0.5, 0.6) is 0 Å². The molecule has 2 heterocycles. The van der Waals surface area contributed by atoms with Crippen LogP contribution < -0.4 is 0 Å². The predicted octanol–water partition coefficient (Wildman–Crippen LogP) is 6.86. The van der Waals surface area contributed by atoms with Crippen molar-refractivity contribution < 1.29 is 35.9 Å². The topological polar surface area (TPSA) is 43.9 Å². The zero-order chi connectivity index (χ0) is 30.5. The third-order valence-corrected chi connectivity index (χ3v) is 8.21. The van der Waals surface area contributed by atoms with Crippen molar-refractivity contribution in [3.63, 3.8) is 0 Å². The number of amides is 2. The molecule has 2 aromatic carbocycles. The van der Waals surface area contributed by atoms with Crippen molar-refractivity contribution in [2.24, 2.45) is 0 Å². The van der Waals surface area contributed by atoms with E-state index in [1.807, 2.05) is 48.7 Å². The van der Waals surface area contributed by atoms with Gasteiger partial charge in [-0.15, -0.1) is 11.3 Å². The maximum Gasteiger partial charge on any atom is 0.416 e. The molecule has 5 nitrogen and oxygen atoms in total. The average molecular weight is 612 g/mol. The van der Waals surface area contributed by atoms with Gasteiger partial charge in [-0.1, -0.05) is 30.3 Å². The smallest absolute Gasteiger partial charge is 0.332 e. The van der Waals surface area contributed by atoms with Gasteiger partial charge in [0.25, 0.3) is 5.91 Å². The highest BCUT2D eigenvalue weighted by Gasteiger charge is 2.38. The van der Waals surface area contributed by atoms with Crippen LogP contribution in [0.1, 0.15) is 50.3 Å². The molecule has 1 aromatic heterocycles. The molecule has 0 atom stereocenters. The van der Waals surface area contributed by atoms with Crippen LogP contribution in [0.2, 0.25) is 0 Å². The van der Waals surface area contributed by atoms with Crippen LogP contribution in [0.4, 0.5) is 26.3 Å². The van der Waals surface area contributed by atoms with Crippen molar-refractivity contribution in [1.29, 1.82) is 0 Å². The quantitative estimate of drug-likeness (QED) is 0.235. The lowest BCUT2D eigenvalue weighted by Gasteiger charge is -2.29. The Kier molecular flexibility index (Phi) is 9.98. The Morgan fingerprint density at radius 2 is 1.48 bits per heavy atom. The fourth-order valence-corrected chi connectivity index (χ4v) is 5.74. The number of carbonyl (C=O) groups excluding carboxylic acids is 2. The second kappa shape index (κ2) is 13.3. The van der Waals surface area contributed by atoms with Gasteiger partial charge in [-0.3, -0.25) is 9.59 Å². The summed E-state index contributed by atoms with van der Waals surface area (Å²) in [5.41, 5.74) is -2.11. The van der Waals surface area contributed by atoms with E-state index in [0.717, 1.165) is 46.8 Å². The van der Waals surface area contributed by atoms with Gasteiger partial charge in [-0.05, 0) is 73.6 Å². The molecule has 0 spiro atoms. The van der Waals surface area contributed by atoms with Gasteiger partial charge in [0.1, 0.15) is 6.54 Å². The summed E-state index contributed by atoms with van der Waals surface area (Å²) in [6.07, 6.45) is -8.31. The number of carbonyl (C=O) groups is 2. The maximum absolute atomic E-state index is 13.7. The molecular formula is C30H31F6N3O2S. The Morgan fingerprint density at radius 1 is 0.857 bits per heavy atom. The first kappa shape index (κ1) is 31.6. The van der Waals surface area contributed by atoms with Crippen LogP contribution >= 0.6 is 11.3 Å². The minimum atomic E-state index is -5.10. The fourth-order valence-electron chi connectivity index (χ4n) is 4.82. The highest BCUT2D eigenvalue weighted by atomic mass is 32.1. The van der Waals surface area contributed by atoms with E-state index in [1.54, 1.807) is 4.90 Å². The van der Waals surface area contributed by atoms with Crippen molar-refractivity contribution in [2.75, 3.05) is 32.7 Å². The van der Waals surface area contributed by atoms with E-state index in [1.165, 1.54) is 11.3 Å². The fraction of sp³-hybridized carbons (Fsp3) is 0.400. The first-order valence-electron chi connectivity index (χ1n) is 13.5. The highest BCUT2D eigenvalue weighted by Crippen LogP contribution is 2.36. The Hall–Kier alpha value is -3.38. The van der Waals surface area contributed by atoms with Crippen molar-refractivity contribution in [3.05, 3.63) is 92.7 Å². The summed E-state index contributed by atoms with van der Waals surface area (Å²) in [5, 5.41) is 1.90. The van der Waals surface area contributed by atoms with E-state index in [2.05, 4.69) is 4.90 Å². The Bertz CT molecular complexity index is 1340. The minimum absolute atomic E-state index is 0.0124. The van der Waals surface area contributed by atoms with Gasteiger partial charge in [0.15, 0.2) is 0 Å². The van der Waals surface area contributed by atoms with E-state index >= 15 is 0 Å². The molecule has 1 fully saturated rings. The summed E-state index contributed by atoms with van der Waals surface area (Å²) in [7, 11) is 0. The lowest BCUT2D eigenvalue weighted by atomic mass is 10.0. The van der Waals surface area contributed by atoms with E-state index < -0.39 is 47.4 Å². The number of aryl methyl sites for hydroxylation is 1. The van der Waals surface area contributed by atoms with E-state index in [9.17, 15) is 35.9 Å². The molecule has 0 bridgehead atoms. The number of alkyl halides is 6. The van der Waals surface area contributed by atoms with Gasteiger partial charge in [0.2, 0.25) is 5.91 Å². The lowest BCUT2D eigenvalue weighted by Crippen LogP contribution is -2.45. The molecule has 226 valence electrons. The molecule has 1 aliphatic heterocycles. The largest absolute Gasteiger partial charge is 0.416 e. The number of hydrogen-bond acceptors (Lipinski definition) is 4. The maximum atomic E-state index is 13.7. The number of thiophene rings is 1. The molecule has 0 aliphatic carbocycles. The summed E-state index contributed by atoms with van der Waals surface area (Å²) < 4.78 is 81.2. The molecular weight excluding hydrogens is 580 g/mol. The summed E-state index contributed by atoms with van der Waals surface area (Å²) in [6, 6.07) is 11.9. The molecule has 4 rings (SSSR count). The third kappa shape index (κ3) is 8.34. The summed E-state index contributed by atoms with van der Waals surface area (Å²) in [5.74, 6) is -1.53. The van der Waals surface area contributed by atoms with Crippen LogP contribution in [-0.4, -0.2) is 59.2 Å². The van der Waals surface area contributed by atoms with Gasteiger partial charge < -0.3 is 14.7 Å². The zero-order valence-corrected chi connectivity index (χ0v) is 23.8. The van der Waals surface area contributed by atoms with Crippen molar-refractivity contribution in [1.82, 2.24) is 14.7 Å². The summed E-state index contributed by atoms with van der Waals surface area (Å²) >= 11 is 1.47. The molecule has 1 aliphatic rings. The number of likely N-dealkylation sites (tertiary alicyclic amines) is 1. The first-order chi connectivity index (χ1) is 19.8. The first-order valence-corrected chi connectivity index (χ1v) is 14.3. The van der Waals surface area contributed by atoms with Crippen LogP contribution in [0.15, 0.2) is 60.0 Å². The number of halogens is 6. The number of rotatable bonds is 10. The standard InChI is InChI=1S/C30H31F6N3O2S/c1-21-9-14-42-26(21)19-39(18-22-7-3-2-4-8-22)27(40)20-38(13-12-37-10-5-6-11-37)28(41)23-15-24(29(31,32)33)17-25(16-23)30(34,35)36/h2-4,7-9,14-17H,5-6,10-13,18-20H2,1H3. The van der Waals surface area contributed by atoms with Crippen LogP contribution in [0.3, 0.4) is 0 Å². The minimum Gasteiger partial charge on any atom is -0.332 e. The van der Waals surface area contributed by atoms with Gasteiger partial charge in [0.05, 0.1) is 17.7 Å². The van der Waals surface area contributed by atoms with Gasteiger partial charge in [0, 0.05) is 30.1 Å². The van der Waals surface area contributed by atoms with E-state index in [0.29, 0.717) is 18.7 Å². The Morgan fingerprint density at radius 3 is 2.02 bits per heavy atom. The molecule has 0 unspecified atom stereocenters. The zero-order valence-electron chi connectivity index (χ0n) is 23.0. The second-order valence-corrected chi connectivity index (χ2v) is 11.3. The van der Waals surface area contributed by atoms with Crippen molar-refractivity contribution in [3.8, 4) is 0 Å². The summed E-state index contributed by atoms with van der Waals surface area (Å²) in [4.78, 5) is 32.9. The van der Waals surface area contributed by atoms with Crippen LogP contribution in [0.25, 0.3) is 0 Å². The van der Waals surface area contributed by atoms with Crippen molar-refractivity contribution in [2.45, 2.75) is 45.2 Å². The second-order valence-electron chi connectivity index (χ2n) is 10.3. The molecule has 1 saturated heterocycles. The van der Waals surface area contributed by atoms with Gasteiger partial charge in [-0.25, -0.2) is 0 Å². The normalized spacial score (nSPS) is 14.3. The van der Waals surface area contributed by atoms with Gasteiger partial charge in [-0.2, -0.15) is 26.3 Å². The van der Waals surface area contributed by atoms with E-state index in [4.69, 9.17) is 0 Å². The third-order valence-electron chi connectivity index (χ3n) is 7.20. The molecule has 0 saturated carbocycles. The SMILES string of the molecule is Cc1ccsc1CN(Cc1ccccc1)C(=O)CN(CCN1CCCC1)C(=O)c1cc(C(F)(F)F)cc(C(F)(F)F)c1. The van der Waals surface area contributed by atoms with Crippen LogP contribution in [-0.2, 0) is 30.2 Å².